The Bertz CT molecular complexity index is 632. The molecule has 0 aromatic heterocycles. The van der Waals surface area contributed by atoms with E-state index in [1.807, 2.05) is 12.1 Å². The summed E-state index contributed by atoms with van der Waals surface area (Å²) in [5, 5.41) is 0. The van der Waals surface area contributed by atoms with Gasteiger partial charge in [0.2, 0.25) is 0 Å². The molecule has 1 aromatic rings. The monoisotopic (exact) mass is 404 g/mol. The summed E-state index contributed by atoms with van der Waals surface area (Å²) in [6.07, 6.45) is 13.8. The van der Waals surface area contributed by atoms with Crippen molar-refractivity contribution in [2.75, 3.05) is 0 Å². The van der Waals surface area contributed by atoms with E-state index in [9.17, 15) is 13.0 Å². The van der Waals surface area contributed by atoms with Crippen molar-refractivity contribution in [1.82, 2.24) is 0 Å². The van der Waals surface area contributed by atoms with Crippen LogP contribution in [-0.2, 0) is 10.1 Å². The molecule has 6 heteroatoms. The Morgan fingerprint density at radius 1 is 0.885 bits per heavy atom. The maximum Gasteiger partial charge on any atom is 1.00 e. The van der Waals surface area contributed by atoms with E-state index in [-0.39, 0.29) is 42.4 Å². The molecular formula is C20H30NaO3PS. The fourth-order valence-corrected chi connectivity index (χ4v) is 9.54. The zero-order valence-corrected chi connectivity index (χ0v) is 19.9. The van der Waals surface area contributed by atoms with Crippen LogP contribution in [-0.4, -0.2) is 24.3 Å². The average molecular weight is 404 g/mol. The molecule has 0 bridgehead atoms. The van der Waals surface area contributed by atoms with E-state index in [1.54, 1.807) is 0 Å². The molecule has 2 aliphatic rings. The maximum atomic E-state index is 11.2. The van der Waals surface area contributed by atoms with Gasteiger partial charge in [-0.15, -0.1) is 0 Å². The van der Waals surface area contributed by atoms with Crippen molar-refractivity contribution in [3.63, 3.8) is 0 Å². The summed E-state index contributed by atoms with van der Waals surface area (Å²) in [4.78, 5) is -0.108. The minimum absolute atomic E-state index is 0. The fraction of sp³-hybridized carbons (Fsp3) is 0.700. The summed E-state index contributed by atoms with van der Waals surface area (Å²) in [5.74, 6) is 0. The Kier molecular flexibility index (Phi) is 9.11. The Labute approximate surface area is 182 Å². The standard InChI is InChI=1S/C20H31O3PS.Na/c1-16(17-12-14-20(15-13-17)25(21,22)23)24(18-8-4-2-5-9-18)19-10-6-3-7-11-19;/h12-16,18-19H,2-11H2,1H3,(H,21,22,23);/q;+1/p-1. The third kappa shape index (κ3) is 5.78. The number of hydrogen-bond acceptors (Lipinski definition) is 3. The third-order valence-electron chi connectivity index (χ3n) is 6.09. The maximum absolute atomic E-state index is 11.2. The van der Waals surface area contributed by atoms with Crippen molar-refractivity contribution in [2.24, 2.45) is 0 Å². The number of hydrogen-bond donors (Lipinski definition) is 0. The predicted octanol–water partition coefficient (Wildman–Crippen LogP) is 2.80. The molecule has 0 radical (unpaired) electrons. The van der Waals surface area contributed by atoms with Gasteiger partial charge in [0.15, 0.2) is 0 Å². The summed E-state index contributed by atoms with van der Waals surface area (Å²) < 4.78 is 33.6. The molecule has 26 heavy (non-hydrogen) atoms. The van der Waals surface area contributed by atoms with Crippen LogP contribution in [0, 0.1) is 0 Å². The van der Waals surface area contributed by atoms with Crippen molar-refractivity contribution >= 4 is 18.0 Å². The van der Waals surface area contributed by atoms with Crippen LogP contribution in [0.3, 0.4) is 0 Å². The van der Waals surface area contributed by atoms with Gasteiger partial charge in [-0.05, 0) is 54.7 Å². The van der Waals surface area contributed by atoms with Crippen molar-refractivity contribution < 1.29 is 42.5 Å². The zero-order valence-electron chi connectivity index (χ0n) is 16.2. The van der Waals surface area contributed by atoms with E-state index in [0.29, 0.717) is 5.66 Å². The van der Waals surface area contributed by atoms with Gasteiger partial charge in [0.1, 0.15) is 10.1 Å². The van der Waals surface area contributed by atoms with E-state index in [1.165, 1.54) is 81.9 Å². The summed E-state index contributed by atoms with van der Waals surface area (Å²) >= 11 is 0. The first-order valence-electron chi connectivity index (χ1n) is 9.80. The summed E-state index contributed by atoms with van der Waals surface area (Å²) in [7, 11) is -4.45. The first kappa shape index (κ1) is 22.8. The molecule has 3 nitrogen and oxygen atoms in total. The zero-order chi connectivity index (χ0) is 17.9. The van der Waals surface area contributed by atoms with E-state index >= 15 is 0 Å². The van der Waals surface area contributed by atoms with E-state index in [0.717, 1.165) is 11.3 Å². The summed E-state index contributed by atoms with van der Waals surface area (Å²) in [6.45, 7) is 2.34. The predicted molar refractivity (Wildman–Crippen MR) is 103 cm³/mol. The topological polar surface area (TPSA) is 57.2 Å². The molecule has 2 aliphatic carbocycles. The van der Waals surface area contributed by atoms with E-state index in [2.05, 4.69) is 6.92 Å². The van der Waals surface area contributed by atoms with Gasteiger partial charge in [0, 0.05) is 5.66 Å². The molecule has 3 rings (SSSR count). The van der Waals surface area contributed by atoms with Gasteiger partial charge in [0.05, 0.1) is 4.90 Å². The molecule has 1 aromatic carbocycles. The first-order chi connectivity index (χ1) is 12.0. The van der Waals surface area contributed by atoms with Crippen LogP contribution in [0.2, 0.25) is 0 Å². The van der Waals surface area contributed by atoms with E-state index < -0.39 is 10.1 Å². The molecule has 0 aliphatic heterocycles. The Morgan fingerprint density at radius 2 is 1.31 bits per heavy atom. The van der Waals surface area contributed by atoms with Crippen LogP contribution in [0.25, 0.3) is 0 Å². The quantitative estimate of drug-likeness (QED) is 0.431. The Morgan fingerprint density at radius 3 is 1.69 bits per heavy atom. The molecule has 1 unspecified atom stereocenters. The number of rotatable bonds is 5. The van der Waals surface area contributed by atoms with Crippen molar-refractivity contribution in [2.45, 2.75) is 93.0 Å². The molecule has 0 N–H and O–H groups in total. The van der Waals surface area contributed by atoms with Crippen molar-refractivity contribution in [1.29, 1.82) is 0 Å². The molecule has 0 heterocycles. The molecule has 1 atom stereocenters. The van der Waals surface area contributed by atoms with Crippen LogP contribution < -0.4 is 29.6 Å². The second-order valence-corrected chi connectivity index (χ2v) is 12.2. The van der Waals surface area contributed by atoms with Crippen LogP contribution >= 0.6 is 7.92 Å². The average Bonchev–Trinajstić information content (AvgIpc) is 2.63. The van der Waals surface area contributed by atoms with Gasteiger partial charge in [-0.2, -0.15) is 0 Å². The Hall–Kier alpha value is 0.560. The minimum Gasteiger partial charge on any atom is -0.744 e. The molecule has 2 fully saturated rings. The van der Waals surface area contributed by atoms with Crippen LogP contribution in [0.1, 0.15) is 82.4 Å². The van der Waals surface area contributed by atoms with Crippen LogP contribution in [0.15, 0.2) is 29.2 Å². The van der Waals surface area contributed by atoms with Gasteiger partial charge in [-0.25, -0.2) is 8.42 Å². The normalized spacial score (nSPS) is 21.3. The third-order valence-corrected chi connectivity index (χ3v) is 10.9. The van der Waals surface area contributed by atoms with Crippen molar-refractivity contribution in [3.05, 3.63) is 29.8 Å². The van der Waals surface area contributed by atoms with Gasteiger partial charge in [-0.1, -0.05) is 65.5 Å². The van der Waals surface area contributed by atoms with Gasteiger partial charge in [0.25, 0.3) is 0 Å². The van der Waals surface area contributed by atoms with Gasteiger partial charge < -0.3 is 4.55 Å². The Balaban J connectivity index is 0.00000243. The smallest absolute Gasteiger partial charge is 0.744 e. The minimum atomic E-state index is -4.35. The first-order valence-corrected chi connectivity index (χ1v) is 12.8. The molecule has 0 saturated heterocycles. The van der Waals surface area contributed by atoms with Crippen molar-refractivity contribution in [3.8, 4) is 0 Å². The summed E-state index contributed by atoms with van der Waals surface area (Å²) in [5.41, 5.74) is 3.44. The van der Waals surface area contributed by atoms with Gasteiger partial charge in [-0.3, -0.25) is 0 Å². The van der Waals surface area contributed by atoms with Gasteiger partial charge >= 0.3 is 29.6 Å². The molecule has 0 amide bonds. The molecule has 2 saturated carbocycles. The van der Waals surface area contributed by atoms with Crippen LogP contribution in [0.5, 0.6) is 0 Å². The van der Waals surface area contributed by atoms with E-state index in [4.69, 9.17) is 0 Å². The molecular weight excluding hydrogens is 374 g/mol. The van der Waals surface area contributed by atoms with Crippen LogP contribution in [0.4, 0.5) is 0 Å². The SMILES string of the molecule is CC(c1ccc(S(=O)(=O)[O-])cc1)P(C1CCCCC1)C1CCCCC1.[Na+]. The fourth-order valence-electron chi connectivity index (χ4n) is 4.77. The largest absolute Gasteiger partial charge is 1.00 e. The number of benzene rings is 1. The summed E-state index contributed by atoms with van der Waals surface area (Å²) in [6, 6.07) is 6.78. The second-order valence-electron chi connectivity index (χ2n) is 7.73. The molecule has 140 valence electrons. The second kappa shape index (κ2) is 10.4. The molecule has 0 spiro atoms.